The summed E-state index contributed by atoms with van der Waals surface area (Å²) in [6.45, 7) is 6.46. The number of likely N-dealkylation sites (tertiary alicyclic amines) is 1. The third-order valence-electron chi connectivity index (χ3n) is 7.10. The van der Waals surface area contributed by atoms with Crippen LogP contribution in [0.4, 0.5) is 11.5 Å². The van der Waals surface area contributed by atoms with E-state index in [9.17, 15) is 4.79 Å². The van der Waals surface area contributed by atoms with Crippen molar-refractivity contribution < 1.29 is 9.53 Å². The van der Waals surface area contributed by atoms with Crippen molar-refractivity contribution in [1.29, 1.82) is 0 Å². The maximum Gasteiger partial charge on any atom is 0.216 e. The summed E-state index contributed by atoms with van der Waals surface area (Å²) in [6, 6.07) is 21.1. The van der Waals surface area contributed by atoms with E-state index in [0.29, 0.717) is 19.7 Å². The minimum atomic E-state index is -0.0484. The summed E-state index contributed by atoms with van der Waals surface area (Å²) in [5.41, 5.74) is 4.32. The number of amides is 1. The Hall–Kier alpha value is -3.75. The van der Waals surface area contributed by atoms with Gasteiger partial charge in [-0.05, 0) is 48.6 Å². The summed E-state index contributed by atoms with van der Waals surface area (Å²) in [4.78, 5) is 28.3. The molecule has 1 aliphatic rings. The van der Waals surface area contributed by atoms with Gasteiger partial charge >= 0.3 is 0 Å². The van der Waals surface area contributed by atoms with Gasteiger partial charge in [-0.1, -0.05) is 42.5 Å². The molecule has 5 rings (SSSR count). The Morgan fingerprint density at radius 2 is 1.89 bits per heavy atom. The van der Waals surface area contributed by atoms with Gasteiger partial charge in [-0.2, -0.15) is 0 Å². The van der Waals surface area contributed by atoms with Crippen LogP contribution in [-0.2, 0) is 22.6 Å². The molecular formula is C30H36N6O2. The Labute approximate surface area is 224 Å². The molecule has 38 heavy (non-hydrogen) atoms. The monoisotopic (exact) mass is 512 g/mol. The van der Waals surface area contributed by atoms with Crippen LogP contribution < -0.4 is 10.2 Å². The van der Waals surface area contributed by atoms with Crippen LogP contribution in [0.15, 0.2) is 73.2 Å². The van der Waals surface area contributed by atoms with E-state index in [1.54, 1.807) is 6.33 Å². The number of H-pyrrole nitrogens is 1. The fourth-order valence-electron chi connectivity index (χ4n) is 5.03. The topological polar surface area (TPSA) is 86.4 Å². The molecule has 2 N–H and O–H groups in total. The number of aromatic nitrogens is 3. The van der Waals surface area contributed by atoms with Gasteiger partial charge in [0.1, 0.15) is 17.8 Å². The number of rotatable bonds is 11. The fourth-order valence-corrected chi connectivity index (χ4v) is 5.03. The summed E-state index contributed by atoms with van der Waals surface area (Å²) in [5.74, 6) is 0.759. The molecule has 8 nitrogen and oxygen atoms in total. The van der Waals surface area contributed by atoms with Crippen LogP contribution in [-0.4, -0.2) is 64.6 Å². The quantitative estimate of drug-likeness (QED) is 0.309. The molecule has 0 radical (unpaired) electrons. The largest absolute Gasteiger partial charge is 0.373 e. The van der Waals surface area contributed by atoms with Gasteiger partial charge < -0.3 is 24.8 Å². The number of hydrogen-bond donors (Lipinski definition) is 2. The average molecular weight is 513 g/mol. The standard InChI is InChI=1S/C30H36N6O2/c1-23(37)31-15-19-36(30-28-10-14-32-29(28)33-22-34-30)26-9-5-8-25(20-26)21-38-27-12-17-35(18-13-27)16-11-24-6-3-2-4-7-24/h2-10,14,20,22,27H,11-13,15-19,21H2,1H3,(H,31,37)(H,32,33,34). The van der Waals surface area contributed by atoms with Crippen LogP contribution in [0.5, 0.6) is 0 Å². The first-order chi connectivity index (χ1) is 18.7. The van der Waals surface area contributed by atoms with Crippen molar-refractivity contribution in [3.05, 3.63) is 84.3 Å². The molecule has 0 saturated carbocycles. The van der Waals surface area contributed by atoms with E-state index >= 15 is 0 Å². The zero-order valence-electron chi connectivity index (χ0n) is 22.0. The van der Waals surface area contributed by atoms with Gasteiger partial charge in [0.15, 0.2) is 0 Å². The highest BCUT2D eigenvalue weighted by Crippen LogP contribution is 2.30. The van der Waals surface area contributed by atoms with Gasteiger partial charge in [-0.25, -0.2) is 9.97 Å². The number of anilines is 2. The fraction of sp³-hybridized carbons (Fsp3) is 0.367. The van der Waals surface area contributed by atoms with Crippen molar-refractivity contribution in [2.24, 2.45) is 0 Å². The minimum absolute atomic E-state index is 0.0484. The van der Waals surface area contributed by atoms with E-state index in [-0.39, 0.29) is 12.0 Å². The van der Waals surface area contributed by atoms with Crippen LogP contribution in [0, 0.1) is 0 Å². The first-order valence-electron chi connectivity index (χ1n) is 13.4. The minimum Gasteiger partial charge on any atom is -0.373 e. The third-order valence-corrected chi connectivity index (χ3v) is 7.10. The molecule has 0 unspecified atom stereocenters. The summed E-state index contributed by atoms with van der Waals surface area (Å²) in [6.07, 6.45) is 6.93. The number of benzene rings is 2. The summed E-state index contributed by atoms with van der Waals surface area (Å²) >= 11 is 0. The second kappa shape index (κ2) is 12.7. The van der Waals surface area contributed by atoms with Gasteiger partial charge in [0, 0.05) is 51.5 Å². The summed E-state index contributed by atoms with van der Waals surface area (Å²) in [5, 5.41) is 3.84. The van der Waals surface area contributed by atoms with Crippen molar-refractivity contribution in [3.63, 3.8) is 0 Å². The Morgan fingerprint density at radius 1 is 1.08 bits per heavy atom. The predicted molar refractivity (Wildman–Crippen MR) is 150 cm³/mol. The molecular weight excluding hydrogens is 476 g/mol. The number of aromatic amines is 1. The second-order valence-corrected chi connectivity index (χ2v) is 9.83. The Balaban J connectivity index is 1.19. The van der Waals surface area contributed by atoms with E-state index < -0.39 is 0 Å². The molecule has 0 atom stereocenters. The first-order valence-corrected chi connectivity index (χ1v) is 13.4. The maximum atomic E-state index is 11.5. The molecule has 0 aliphatic carbocycles. The van der Waals surface area contributed by atoms with E-state index in [4.69, 9.17) is 4.74 Å². The van der Waals surface area contributed by atoms with Gasteiger partial charge in [-0.15, -0.1) is 0 Å². The number of nitrogens with zero attached hydrogens (tertiary/aromatic N) is 4. The molecule has 1 saturated heterocycles. The molecule has 3 heterocycles. The van der Waals surface area contributed by atoms with E-state index in [2.05, 4.69) is 84.7 Å². The Bertz CT molecular complexity index is 1320. The van der Waals surface area contributed by atoms with Crippen molar-refractivity contribution in [1.82, 2.24) is 25.2 Å². The van der Waals surface area contributed by atoms with E-state index in [1.807, 2.05) is 12.3 Å². The molecule has 0 bridgehead atoms. The highest BCUT2D eigenvalue weighted by Gasteiger charge is 2.20. The van der Waals surface area contributed by atoms with E-state index in [1.165, 1.54) is 12.5 Å². The van der Waals surface area contributed by atoms with Crippen LogP contribution in [0.3, 0.4) is 0 Å². The molecule has 0 spiro atoms. The number of hydrogen-bond acceptors (Lipinski definition) is 6. The van der Waals surface area contributed by atoms with E-state index in [0.717, 1.165) is 67.0 Å². The third kappa shape index (κ3) is 6.76. The van der Waals surface area contributed by atoms with Crippen LogP contribution in [0.1, 0.15) is 30.9 Å². The van der Waals surface area contributed by atoms with Gasteiger partial charge in [0.25, 0.3) is 0 Å². The highest BCUT2D eigenvalue weighted by atomic mass is 16.5. The SMILES string of the molecule is CC(=O)NCCN(c1cccc(COC2CCN(CCc3ccccc3)CC2)c1)c1ncnc2[nH]ccc12. The van der Waals surface area contributed by atoms with Crippen LogP contribution >= 0.6 is 0 Å². The van der Waals surface area contributed by atoms with Crippen LogP contribution in [0.25, 0.3) is 11.0 Å². The number of carbonyl (C=O) groups excluding carboxylic acids is 1. The predicted octanol–water partition coefficient (Wildman–Crippen LogP) is 4.46. The average Bonchev–Trinajstić information content (AvgIpc) is 3.44. The lowest BCUT2D eigenvalue weighted by molar-refractivity contribution is -0.118. The number of ether oxygens (including phenoxy) is 1. The molecule has 8 heteroatoms. The lowest BCUT2D eigenvalue weighted by atomic mass is 10.1. The van der Waals surface area contributed by atoms with Crippen molar-refractivity contribution >= 4 is 28.4 Å². The Kier molecular flexibility index (Phi) is 8.63. The maximum absolute atomic E-state index is 11.5. The van der Waals surface area contributed by atoms with Crippen LogP contribution in [0.2, 0.25) is 0 Å². The second-order valence-electron chi connectivity index (χ2n) is 9.83. The van der Waals surface area contributed by atoms with Crippen molar-refractivity contribution in [3.8, 4) is 0 Å². The zero-order valence-corrected chi connectivity index (χ0v) is 22.0. The Morgan fingerprint density at radius 3 is 2.71 bits per heavy atom. The molecule has 4 aromatic rings. The molecule has 1 amide bonds. The molecule has 198 valence electrons. The molecule has 2 aromatic carbocycles. The number of piperidine rings is 1. The first kappa shape index (κ1) is 25.9. The molecule has 1 aliphatic heterocycles. The zero-order chi connectivity index (χ0) is 26.2. The lowest BCUT2D eigenvalue weighted by Gasteiger charge is -2.32. The molecule has 1 fully saturated rings. The number of nitrogens with one attached hydrogen (secondary N) is 2. The summed E-state index contributed by atoms with van der Waals surface area (Å²) < 4.78 is 6.36. The lowest BCUT2D eigenvalue weighted by Crippen LogP contribution is -2.38. The van der Waals surface area contributed by atoms with Crippen molar-refractivity contribution in [2.75, 3.05) is 37.6 Å². The molecule has 2 aromatic heterocycles. The smallest absolute Gasteiger partial charge is 0.216 e. The van der Waals surface area contributed by atoms with Gasteiger partial charge in [0.2, 0.25) is 5.91 Å². The number of carbonyl (C=O) groups is 1. The van der Waals surface area contributed by atoms with Crippen molar-refractivity contribution in [2.45, 2.75) is 38.9 Å². The van der Waals surface area contributed by atoms with Gasteiger partial charge in [0.05, 0.1) is 18.1 Å². The normalized spacial score (nSPS) is 14.6. The number of fused-ring (bicyclic) bond motifs is 1. The summed E-state index contributed by atoms with van der Waals surface area (Å²) in [7, 11) is 0. The van der Waals surface area contributed by atoms with Gasteiger partial charge in [-0.3, -0.25) is 4.79 Å². The highest BCUT2D eigenvalue weighted by molar-refractivity contribution is 5.89.